The van der Waals surface area contributed by atoms with Crippen LogP contribution in [0.1, 0.15) is 0 Å². The number of aliphatic hydroxyl groups is 4. The Morgan fingerprint density at radius 3 is 2.50 bits per heavy atom. The first-order valence-corrected chi connectivity index (χ1v) is 3.26. The molecule has 0 bridgehead atoms. The first kappa shape index (κ1) is 9.20. The molecular weight excluding hydrogens is 168 g/mol. The zero-order chi connectivity index (χ0) is 9.35. The minimum Gasteiger partial charge on any atom is -0.391 e. The molecule has 0 aromatic heterocycles. The van der Waals surface area contributed by atoms with Crippen molar-refractivity contribution in [1.29, 1.82) is 0 Å². The number of hydrogen-bond donors (Lipinski definition) is 5. The Bertz CT molecular complexity index is 198. The normalized spacial score (nSPS) is 35.5. The standard InChI is InChI=1S/C5H10N2O5/c8-1-5(12)3(10)6-4(11)7(5)2-9/h3,8-10,12H,1-2H2,(H,6,11). The van der Waals surface area contributed by atoms with E-state index in [2.05, 4.69) is 0 Å². The fourth-order valence-corrected chi connectivity index (χ4v) is 0.992. The Labute approximate surface area is 67.8 Å². The third-order valence-electron chi connectivity index (χ3n) is 1.78. The molecule has 2 amide bonds. The number of nitrogens with one attached hydrogen (secondary N) is 1. The lowest BCUT2D eigenvalue weighted by atomic mass is 10.2. The molecule has 7 nitrogen and oxygen atoms in total. The van der Waals surface area contributed by atoms with Crippen LogP contribution in [-0.4, -0.2) is 56.6 Å². The second kappa shape index (κ2) is 2.87. The van der Waals surface area contributed by atoms with E-state index >= 15 is 0 Å². The molecule has 0 spiro atoms. The Kier molecular flexibility index (Phi) is 2.20. The first-order chi connectivity index (χ1) is 5.56. The van der Waals surface area contributed by atoms with Crippen molar-refractivity contribution in [3.05, 3.63) is 0 Å². The number of nitrogens with zero attached hydrogens (tertiary/aromatic N) is 1. The van der Waals surface area contributed by atoms with Gasteiger partial charge in [0.25, 0.3) is 0 Å². The molecule has 0 aromatic carbocycles. The Morgan fingerprint density at radius 2 is 2.17 bits per heavy atom. The molecule has 1 rings (SSSR count). The van der Waals surface area contributed by atoms with Gasteiger partial charge in [-0.25, -0.2) is 4.79 Å². The second-order valence-electron chi connectivity index (χ2n) is 2.46. The van der Waals surface area contributed by atoms with E-state index in [1.54, 1.807) is 0 Å². The van der Waals surface area contributed by atoms with Crippen LogP contribution in [-0.2, 0) is 0 Å². The summed E-state index contributed by atoms with van der Waals surface area (Å²) in [5.74, 6) is 0. The van der Waals surface area contributed by atoms with Gasteiger partial charge in [0, 0.05) is 0 Å². The van der Waals surface area contributed by atoms with Gasteiger partial charge < -0.3 is 25.7 Å². The third-order valence-corrected chi connectivity index (χ3v) is 1.78. The van der Waals surface area contributed by atoms with Gasteiger partial charge in [-0.3, -0.25) is 4.90 Å². The number of hydrogen-bond acceptors (Lipinski definition) is 5. The van der Waals surface area contributed by atoms with Gasteiger partial charge in [0.1, 0.15) is 6.73 Å². The van der Waals surface area contributed by atoms with Gasteiger partial charge >= 0.3 is 6.03 Å². The van der Waals surface area contributed by atoms with Crippen LogP contribution in [0, 0.1) is 0 Å². The summed E-state index contributed by atoms with van der Waals surface area (Å²) in [4.78, 5) is 11.3. The topological polar surface area (TPSA) is 113 Å². The number of urea groups is 1. The lowest BCUT2D eigenvalue weighted by molar-refractivity contribution is -0.175. The van der Waals surface area contributed by atoms with Crippen LogP contribution in [0.5, 0.6) is 0 Å². The van der Waals surface area contributed by atoms with Crippen LogP contribution in [0.15, 0.2) is 0 Å². The smallest absolute Gasteiger partial charge is 0.323 e. The third kappa shape index (κ3) is 1.03. The molecule has 0 aromatic rings. The maximum Gasteiger partial charge on any atom is 0.323 e. The molecule has 0 radical (unpaired) electrons. The maximum absolute atomic E-state index is 10.8. The van der Waals surface area contributed by atoms with Crippen molar-refractivity contribution in [2.24, 2.45) is 0 Å². The molecule has 70 valence electrons. The summed E-state index contributed by atoms with van der Waals surface area (Å²) in [6.07, 6.45) is -1.60. The van der Waals surface area contributed by atoms with Gasteiger partial charge in [-0.05, 0) is 0 Å². The minimum absolute atomic E-state index is 0.525. The fourth-order valence-electron chi connectivity index (χ4n) is 0.992. The quantitative estimate of drug-likeness (QED) is 0.308. The highest BCUT2D eigenvalue weighted by atomic mass is 16.4. The lowest BCUT2D eigenvalue weighted by Crippen LogP contribution is -2.55. The fraction of sp³-hybridized carbons (Fsp3) is 0.800. The summed E-state index contributed by atoms with van der Waals surface area (Å²) in [6, 6.07) is -0.832. The van der Waals surface area contributed by atoms with Crippen molar-refractivity contribution in [1.82, 2.24) is 10.2 Å². The van der Waals surface area contributed by atoms with Crippen molar-refractivity contribution < 1.29 is 25.2 Å². The summed E-state index contributed by atoms with van der Waals surface area (Å²) < 4.78 is 0. The highest BCUT2D eigenvalue weighted by Gasteiger charge is 2.50. The van der Waals surface area contributed by atoms with Crippen LogP contribution >= 0.6 is 0 Å². The van der Waals surface area contributed by atoms with E-state index in [9.17, 15) is 9.90 Å². The van der Waals surface area contributed by atoms with Gasteiger partial charge in [0.05, 0.1) is 6.61 Å². The highest BCUT2D eigenvalue weighted by Crippen LogP contribution is 2.20. The molecule has 1 heterocycles. The second-order valence-corrected chi connectivity index (χ2v) is 2.46. The number of rotatable bonds is 2. The number of amides is 2. The minimum atomic E-state index is -2.13. The van der Waals surface area contributed by atoms with Gasteiger partial charge in [0.2, 0.25) is 5.72 Å². The molecule has 2 atom stereocenters. The van der Waals surface area contributed by atoms with Crippen LogP contribution < -0.4 is 5.32 Å². The van der Waals surface area contributed by atoms with Crippen molar-refractivity contribution in [3.63, 3.8) is 0 Å². The zero-order valence-electron chi connectivity index (χ0n) is 6.14. The molecule has 5 N–H and O–H groups in total. The predicted molar refractivity (Wildman–Crippen MR) is 35.5 cm³/mol. The number of aliphatic hydroxyl groups excluding tert-OH is 3. The molecule has 1 saturated heterocycles. The van der Waals surface area contributed by atoms with Gasteiger partial charge in [-0.1, -0.05) is 0 Å². The van der Waals surface area contributed by atoms with Crippen molar-refractivity contribution in [3.8, 4) is 0 Å². The largest absolute Gasteiger partial charge is 0.391 e. The van der Waals surface area contributed by atoms with Gasteiger partial charge in [0.15, 0.2) is 6.23 Å². The van der Waals surface area contributed by atoms with Crippen molar-refractivity contribution >= 4 is 6.03 Å². The summed E-state index contributed by atoms with van der Waals surface area (Å²) >= 11 is 0. The van der Waals surface area contributed by atoms with E-state index in [1.165, 1.54) is 0 Å². The Morgan fingerprint density at radius 1 is 1.58 bits per heavy atom. The monoisotopic (exact) mass is 178 g/mol. The summed E-state index contributed by atoms with van der Waals surface area (Å²) in [7, 11) is 0. The van der Waals surface area contributed by atoms with E-state index in [0.717, 1.165) is 0 Å². The molecule has 1 fully saturated rings. The van der Waals surface area contributed by atoms with E-state index in [0.29, 0.717) is 4.90 Å². The van der Waals surface area contributed by atoms with Crippen LogP contribution in [0.2, 0.25) is 0 Å². The highest BCUT2D eigenvalue weighted by molar-refractivity contribution is 5.77. The van der Waals surface area contributed by atoms with Crippen molar-refractivity contribution in [2.75, 3.05) is 13.3 Å². The molecule has 12 heavy (non-hydrogen) atoms. The number of carbonyl (C=O) groups excluding carboxylic acids is 1. The number of carbonyl (C=O) groups is 1. The summed E-state index contributed by atoms with van der Waals surface area (Å²) in [6.45, 7) is -1.63. The molecular formula is C5H10N2O5. The molecule has 0 aliphatic carbocycles. The average Bonchev–Trinajstić information content (AvgIpc) is 2.24. The van der Waals surface area contributed by atoms with E-state index in [-0.39, 0.29) is 0 Å². The van der Waals surface area contributed by atoms with E-state index in [4.69, 9.17) is 15.3 Å². The van der Waals surface area contributed by atoms with Crippen LogP contribution in [0.4, 0.5) is 4.79 Å². The van der Waals surface area contributed by atoms with Crippen LogP contribution in [0.25, 0.3) is 0 Å². The summed E-state index contributed by atoms with van der Waals surface area (Å²) in [5, 5.41) is 37.6. The lowest BCUT2D eigenvalue weighted by Gasteiger charge is -2.29. The first-order valence-electron chi connectivity index (χ1n) is 3.26. The molecule has 0 saturated carbocycles. The average molecular weight is 178 g/mol. The maximum atomic E-state index is 10.8. The van der Waals surface area contributed by atoms with Gasteiger partial charge in [-0.2, -0.15) is 0 Å². The predicted octanol–water partition coefficient (Wildman–Crippen LogP) is -3.04. The zero-order valence-corrected chi connectivity index (χ0v) is 6.14. The summed E-state index contributed by atoms with van der Waals surface area (Å²) in [5.41, 5.74) is -2.13. The van der Waals surface area contributed by atoms with E-state index in [1.807, 2.05) is 5.32 Å². The van der Waals surface area contributed by atoms with Gasteiger partial charge in [-0.15, -0.1) is 0 Å². The SMILES string of the molecule is O=C1NC(O)C(O)(CO)N1CO. The Hall–Kier alpha value is -0.890. The van der Waals surface area contributed by atoms with Crippen LogP contribution in [0.3, 0.4) is 0 Å². The molecule has 1 aliphatic rings. The molecule has 1 aliphatic heterocycles. The van der Waals surface area contributed by atoms with E-state index < -0.39 is 31.3 Å². The van der Waals surface area contributed by atoms with Crippen molar-refractivity contribution in [2.45, 2.75) is 12.0 Å². The Balaban J connectivity index is 2.89. The molecule has 7 heteroatoms. The molecule has 2 unspecified atom stereocenters.